The molecule has 0 unspecified atom stereocenters. The molecular formula is C15H13N2O+. The van der Waals surface area contributed by atoms with Crippen LogP contribution in [0.1, 0.15) is 5.56 Å². The largest absolute Gasteiger partial charge is 0.494 e. The molecule has 0 aliphatic carbocycles. The Labute approximate surface area is 104 Å². The highest BCUT2D eigenvalue weighted by atomic mass is 16.2. The zero-order chi connectivity index (χ0) is 12.7. The van der Waals surface area contributed by atoms with Crippen LogP contribution in [-0.4, -0.2) is 6.03 Å². The minimum atomic E-state index is -0.453. The number of aromatic nitrogens is 1. The molecule has 2 N–H and O–H groups in total. The summed E-state index contributed by atoms with van der Waals surface area (Å²) in [6, 6.07) is 15.3. The van der Waals surface area contributed by atoms with Gasteiger partial charge < -0.3 is 0 Å². The average molecular weight is 237 g/mol. The monoisotopic (exact) mass is 237 g/mol. The van der Waals surface area contributed by atoms with Crippen molar-refractivity contribution in [3.8, 4) is 0 Å². The third kappa shape index (κ3) is 1.44. The number of primary amides is 1. The van der Waals surface area contributed by atoms with Gasteiger partial charge in [-0.15, -0.1) is 0 Å². The van der Waals surface area contributed by atoms with Gasteiger partial charge in [-0.25, -0.2) is 0 Å². The summed E-state index contributed by atoms with van der Waals surface area (Å²) in [5, 5.41) is 2.03. The Hall–Kier alpha value is -2.42. The maximum absolute atomic E-state index is 11.8. The van der Waals surface area contributed by atoms with E-state index in [0.717, 1.165) is 27.4 Å². The summed E-state index contributed by atoms with van der Waals surface area (Å²) in [7, 11) is 0. The third-order valence-electron chi connectivity index (χ3n) is 3.20. The van der Waals surface area contributed by atoms with Crippen LogP contribution in [0.15, 0.2) is 48.5 Å². The SMILES string of the molecule is Cc1cccc2cc3ccccc3[n+](C(N)=O)c12. The fraction of sp³-hybridized carbons (Fsp3) is 0.0667. The van der Waals surface area contributed by atoms with Crippen molar-refractivity contribution in [3.63, 3.8) is 0 Å². The van der Waals surface area contributed by atoms with Crippen LogP contribution in [0.4, 0.5) is 4.79 Å². The molecule has 3 rings (SSSR count). The van der Waals surface area contributed by atoms with Crippen molar-refractivity contribution in [1.82, 2.24) is 0 Å². The number of benzene rings is 2. The Morgan fingerprint density at radius 2 is 1.78 bits per heavy atom. The van der Waals surface area contributed by atoms with Gasteiger partial charge in [-0.05, 0) is 24.6 Å². The second-order valence-corrected chi connectivity index (χ2v) is 4.39. The van der Waals surface area contributed by atoms with E-state index in [1.54, 1.807) is 4.57 Å². The maximum Gasteiger partial charge on any atom is 0.494 e. The quantitative estimate of drug-likeness (QED) is 0.474. The smallest absolute Gasteiger partial charge is 0.250 e. The molecular weight excluding hydrogens is 224 g/mol. The van der Waals surface area contributed by atoms with E-state index in [4.69, 9.17) is 5.73 Å². The molecule has 0 atom stereocenters. The topological polar surface area (TPSA) is 47.0 Å². The second-order valence-electron chi connectivity index (χ2n) is 4.39. The summed E-state index contributed by atoms with van der Waals surface area (Å²) in [6.07, 6.45) is 0. The number of carbonyl (C=O) groups excluding carboxylic acids is 1. The number of para-hydroxylation sites is 2. The highest BCUT2D eigenvalue weighted by Gasteiger charge is 2.17. The zero-order valence-corrected chi connectivity index (χ0v) is 10.1. The maximum atomic E-state index is 11.8. The molecule has 0 aliphatic heterocycles. The van der Waals surface area contributed by atoms with E-state index < -0.39 is 6.03 Å². The van der Waals surface area contributed by atoms with Gasteiger partial charge >= 0.3 is 6.03 Å². The second kappa shape index (κ2) is 3.81. The molecule has 0 saturated carbocycles. The molecule has 1 amide bonds. The van der Waals surface area contributed by atoms with Crippen molar-refractivity contribution >= 4 is 27.8 Å². The Bertz CT molecular complexity index is 778. The summed E-state index contributed by atoms with van der Waals surface area (Å²) in [5.41, 5.74) is 8.30. The lowest BCUT2D eigenvalue weighted by atomic mass is 10.1. The van der Waals surface area contributed by atoms with E-state index in [2.05, 4.69) is 6.07 Å². The number of nitrogens with zero attached hydrogens (tertiary/aromatic N) is 1. The highest BCUT2D eigenvalue weighted by Crippen LogP contribution is 2.20. The summed E-state index contributed by atoms with van der Waals surface area (Å²) >= 11 is 0. The zero-order valence-electron chi connectivity index (χ0n) is 10.1. The molecule has 1 heterocycles. The Kier molecular flexibility index (Phi) is 2.27. The number of carbonyl (C=O) groups is 1. The number of aryl methyl sites for hydroxylation is 1. The first-order valence-corrected chi connectivity index (χ1v) is 5.81. The molecule has 0 bridgehead atoms. The van der Waals surface area contributed by atoms with E-state index >= 15 is 0 Å². The minimum Gasteiger partial charge on any atom is -0.250 e. The summed E-state index contributed by atoms with van der Waals surface area (Å²) in [6.45, 7) is 1.98. The summed E-state index contributed by atoms with van der Waals surface area (Å²) < 4.78 is 1.58. The molecule has 0 saturated heterocycles. The molecule has 2 aromatic carbocycles. The lowest BCUT2D eigenvalue weighted by Gasteiger charge is -2.07. The van der Waals surface area contributed by atoms with E-state index in [-0.39, 0.29) is 0 Å². The van der Waals surface area contributed by atoms with Crippen molar-refractivity contribution in [2.75, 3.05) is 0 Å². The van der Waals surface area contributed by atoms with Gasteiger partial charge in [0, 0.05) is 10.8 Å². The molecule has 3 heteroatoms. The lowest BCUT2D eigenvalue weighted by Crippen LogP contribution is -2.48. The van der Waals surface area contributed by atoms with E-state index in [0.29, 0.717) is 0 Å². The van der Waals surface area contributed by atoms with E-state index in [1.165, 1.54) is 0 Å². The van der Waals surface area contributed by atoms with Gasteiger partial charge in [0.25, 0.3) is 0 Å². The van der Waals surface area contributed by atoms with E-state index in [9.17, 15) is 4.79 Å². The lowest BCUT2D eigenvalue weighted by molar-refractivity contribution is -0.512. The van der Waals surface area contributed by atoms with Crippen molar-refractivity contribution in [3.05, 3.63) is 54.1 Å². The fourth-order valence-electron chi connectivity index (χ4n) is 2.43. The van der Waals surface area contributed by atoms with Crippen LogP contribution in [-0.2, 0) is 0 Å². The normalized spacial score (nSPS) is 10.9. The van der Waals surface area contributed by atoms with Gasteiger partial charge in [-0.1, -0.05) is 36.4 Å². The molecule has 18 heavy (non-hydrogen) atoms. The van der Waals surface area contributed by atoms with Crippen LogP contribution in [0.5, 0.6) is 0 Å². The molecule has 0 spiro atoms. The van der Waals surface area contributed by atoms with Gasteiger partial charge in [0.05, 0.1) is 0 Å². The van der Waals surface area contributed by atoms with Crippen molar-refractivity contribution in [1.29, 1.82) is 0 Å². The molecule has 0 aliphatic rings. The number of nitrogens with two attached hydrogens (primary N) is 1. The van der Waals surface area contributed by atoms with Gasteiger partial charge in [0.15, 0.2) is 0 Å². The predicted molar refractivity (Wildman–Crippen MR) is 71.4 cm³/mol. The minimum absolute atomic E-state index is 0.453. The molecule has 3 nitrogen and oxygen atoms in total. The molecule has 3 aromatic rings. The Balaban J connectivity index is 2.64. The first kappa shape index (κ1) is 10.7. The summed E-state index contributed by atoms with van der Waals surface area (Å²) in [4.78, 5) is 11.8. The first-order valence-electron chi connectivity index (χ1n) is 5.81. The highest BCUT2D eigenvalue weighted by molar-refractivity contribution is 5.92. The number of hydrogen-bond donors (Lipinski definition) is 1. The fourth-order valence-corrected chi connectivity index (χ4v) is 2.43. The van der Waals surface area contributed by atoms with Crippen molar-refractivity contribution in [2.24, 2.45) is 5.73 Å². The third-order valence-corrected chi connectivity index (χ3v) is 3.20. The Morgan fingerprint density at radius 3 is 2.56 bits per heavy atom. The molecule has 88 valence electrons. The van der Waals surface area contributed by atoms with Crippen LogP contribution < -0.4 is 10.3 Å². The number of rotatable bonds is 0. The number of hydrogen-bond acceptors (Lipinski definition) is 1. The van der Waals surface area contributed by atoms with Gasteiger partial charge in [-0.3, -0.25) is 5.73 Å². The predicted octanol–water partition coefficient (Wildman–Crippen LogP) is 2.52. The van der Waals surface area contributed by atoms with E-state index in [1.807, 2.05) is 49.4 Å². The van der Waals surface area contributed by atoms with Crippen molar-refractivity contribution < 1.29 is 9.36 Å². The van der Waals surface area contributed by atoms with Crippen LogP contribution in [0, 0.1) is 6.92 Å². The van der Waals surface area contributed by atoms with Gasteiger partial charge in [0.1, 0.15) is 11.0 Å². The van der Waals surface area contributed by atoms with Crippen molar-refractivity contribution in [2.45, 2.75) is 6.92 Å². The first-order chi connectivity index (χ1) is 8.68. The van der Waals surface area contributed by atoms with Gasteiger partial charge in [0.2, 0.25) is 0 Å². The molecule has 0 fully saturated rings. The molecule has 1 aromatic heterocycles. The Morgan fingerprint density at radius 1 is 1.06 bits per heavy atom. The standard InChI is InChI=1S/C15H12N2O/c1-10-5-4-7-12-9-11-6-2-3-8-13(11)17(14(10)12)15(16)18/h2-9H,1H3,(H-,16,18)/p+1. The number of pyridine rings is 1. The van der Waals surface area contributed by atoms with Gasteiger partial charge in [-0.2, -0.15) is 9.36 Å². The average Bonchev–Trinajstić information content (AvgIpc) is 2.36. The summed E-state index contributed by atoms with van der Waals surface area (Å²) in [5.74, 6) is 0. The van der Waals surface area contributed by atoms with Crippen LogP contribution in [0.25, 0.3) is 21.8 Å². The van der Waals surface area contributed by atoms with Crippen LogP contribution in [0.2, 0.25) is 0 Å². The number of fused-ring (bicyclic) bond motifs is 2. The van der Waals surface area contributed by atoms with Crippen LogP contribution >= 0.6 is 0 Å². The molecule has 0 radical (unpaired) electrons. The van der Waals surface area contributed by atoms with Crippen LogP contribution in [0.3, 0.4) is 0 Å². The number of amides is 1.